The molecule has 5 rings (SSSR count). The number of nitrogens with one attached hydrogen (secondary N) is 4. The molecule has 0 saturated heterocycles. The molecule has 0 saturated carbocycles. The zero-order valence-corrected chi connectivity index (χ0v) is 20.7. The van der Waals surface area contributed by atoms with Crippen LogP contribution < -0.4 is 21.7 Å². The Morgan fingerprint density at radius 2 is 1.95 bits per heavy atom. The molecule has 0 aliphatic heterocycles. The molecule has 0 fully saturated rings. The van der Waals surface area contributed by atoms with Gasteiger partial charge in [0.1, 0.15) is 17.7 Å². The third-order valence-corrected chi connectivity index (χ3v) is 6.21. The lowest BCUT2D eigenvalue weighted by Crippen LogP contribution is -2.29. The normalized spacial score (nSPS) is 11.9. The zero-order chi connectivity index (χ0) is 26.5. The van der Waals surface area contributed by atoms with Crippen LogP contribution in [0.25, 0.3) is 27.8 Å². The van der Waals surface area contributed by atoms with Crippen molar-refractivity contribution in [3.8, 4) is 5.69 Å². The molecule has 38 heavy (non-hydrogen) atoms. The van der Waals surface area contributed by atoms with Crippen LogP contribution in [-0.2, 0) is 4.79 Å². The van der Waals surface area contributed by atoms with Gasteiger partial charge in [-0.1, -0.05) is 31.2 Å². The van der Waals surface area contributed by atoms with E-state index in [2.05, 4.69) is 30.6 Å². The molecule has 0 spiro atoms. The number of carbonyl (C=O) groups excluding carboxylic acids is 1. The summed E-state index contributed by atoms with van der Waals surface area (Å²) in [5.41, 5.74) is 4.46. The van der Waals surface area contributed by atoms with Crippen molar-refractivity contribution in [2.75, 3.05) is 17.2 Å². The number of rotatable bonds is 10. The molecule has 0 aliphatic carbocycles. The lowest BCUT2D eigenvalue weighted by atomic mass is 10.1. The van der Waals surface area contributed by atoms with E-state index < -0.39 is 5.91 Å². The molecule has 12 nitrogen and oxygen atoms in total. The summed E-state index contributed by atoms with van der Waals surface area (Å²) in [4.78, 5) is 46.3. The van der Waals surface area contributed by atoms with E-state index in [1.54, 1.807) is 16.4 Å². The fourth-order valence-corrected chi connectivity index (χ4v) is 4.37. The summed E-state index contributed by atoms with van der Waals surface area (Å²) in [6.45, 7) is 2.44. The van der Waals surface area contributed by atoms with E-state index in [1.807, 2.05) is 55.5 Å². The van der Waals surface area contributed by atoms with Crippen molar-refractivity contribution in [1.29, 1.82) is 0 Å². The summed E-state index contributed by atoms with van der Waals surface area (Å²) in [6.07, 6.45) is 4.26. The molecule has 1 unspecified atom stereocenters. The van der Waals surface area contributed by atoms with Gasteiger partial charge in [0.15, 0.2) is 11.5 Å². The molecular weight excluding hydrogens is 486 g/mol. The van der Waals surface area contributed by atoms with Crippen LogP contribution >= 0.6 is 0 Å². The Hall–Kier alpha value is -4.84. The van der Waals surface area contributed by atoms with Gasteiger partial charge in [-0.3, -0.25) is 19.4 Å². The Balaban J connectivity index is 1.60. The van der Waals surface area contributed by atoms with Gasteiger partial charge in [0.2, 0.25) is 5.91 Å². The smallest absolute Gasteiger partial charge is 0.268 e. The Kier molecular flexibility index (Phi) is 7.22. The number of amides is 1. The summed E-state index contributed by atoms with van der Waals surface area (Å²) in [6, 6.07) is 14.5. The number of nitrogens with zero attached hydrogens (tertiary/aromatic N) is 5. The molecular formula is C26H27N9O3. The van der Waals surface area contributed by atoms with Crippen molar-refractivity contribution < 1.29 is 10.0 Å². The number of aromatic nitrogens is 6. The van der Waals surface area contributed by atoms with E-state index in [-0.39, 0.29) is 18.0 Å². The van der Waals surface area contributed by atoms with E-state index in [1.165, 1.54) is 6.33 Å². The molecule has 5 aromatic rings. The Morgan fingerprint density at radius 1 is 1.11 bits per heavy atom. The number of anilines is 2. The van der Waals surface area contributed by atoms with E-state index in [9.17, 15) is 9.59 Å². The first kappa shape index (κ1) is 24.8. The second kappa shape index (κ2) is 11.0. The lowest BCUT2D eigenvalue weighted by Gasteiger charge is -2.22. The monoisotopic (exact) mass is 513 g/mol. The SMILES string of the molecule is CCC(Nc1ncnc2[nH]cnc12)c1nc2cccc(NCCCC(=O)NO)c2c(=O)n1-c1ccccc1. The molecule has 12 heteroatoms. The maximum Gasteiger partial charge on any atom is 0.268 e. The van der Waals surface area contributed by atoms with E-state index in [4.69, 9.17) is 10.2 Å². The molecule has 3 heterocycles. The summed E-state index contributed by atoms with van der Waals surface area (Å²) < 4.78 is 1.62. The summed E-state index contributed by atoms with van der Waals surface area (Å²) >= 11 is 0. The quantitative estimate of drug-likeness (QED) is 0.107. The van der Waals surface area contributed by atoms with Crippen LogP contribution in [0.15, 0.2) is 66.0 Å². The van der Waals surface area contributed by atoms with Crippen LogP contribution in [0.5, 0.6) is 0 Å². The van der Waals surface area contributed by atoms with Gasteiger partial charge < -0.3 is 15.6 Å². The number of hydroxylamine groups is 1. The number of fused-ring (bicyclic) bond motifs is 2. The van der Waals surface area contributed by atoms with E-state index in [0.29, 0.717) is 64.5 Å². The average Bonchev–Trinajstić information content (AvgIpc) is 3.44. The van der Waals surface area contributed by atoms with Crippen molar-refractivity contribution in [3.63, 3.8) is 0 Å². The molecule has 0 aliphatic rings. The second-order valence-corrected chi connectivity index (χ2v) is 8.64. The third kappa shape index (κ3) is 4.89. The molecule has 1 atom stereocenters. The zero-order valence-electron chi connectivity index (χ0n) is 20.7. The van der Waals surface area contributed by atoms with Gasteiger partial charge in [0.05, 0.1) is 29.0 Å². The highest BCUT2D eigenvalue weighted by molar-refractivity contribution is 5.91. The maximum absolute atomic E-state index is 14.1. The number of aromatic amines is 1. The Labute approximate surface area is 217 Å². The van der Waals surface area contributed by atoms with Gasteiger partial charge in [-0.2, -0.15) is 0 Å². The van der Waals surface area contributed by atoms with Gasteiger partial charge in [-0.15, -0.1) is 0 Å². The fraction of sp³-hybridized carbons (Fsp3) is 0.231. The highest BCUT2D eigenvalue weighted by Gasteiger charge is 2.23. The summed E-state index contributed by atoms with van der Waals surface area (Å²) in [7, 11) is 0. The van der Waals surface area contributed by atoms with Gasteiger partial charge in [0, 0.05) is 18.7 Å². The second-order valence-electron chi connectivity index (χ2n) is 8.64. The third-order valence-electron chi connectivity index (χ3n) is 6.21. The minimum absolute atomic E-state index is 0.154. The fourth-order valence-electron chi connectivity index (χ4n) is 4.37. The minimum Gasteiger partial charge on any atom is -0.384 e. The topological polar surface area (TPSA) is 163 Å². The van der Waals surface area contributed by atoms with Gasteiger partial charge >= 0.3 is 0 Å². The summed E-state index contributed by atoms with van der Waals surface area (Å²) in [5.74, 6) is 0.617. The predicted octanol–water partition coefficient (Wildman–Crippen LogP) is 3.31. The van der Waals surface area contributed by atoms with Gasteiger partial charge in [-0.05, 0) is 37.1 Å². The van der Waals surface area contributed by atoms with Crippen LogP contribution in [0.2, 0.25) is 0 Å². The van der Waals surface area contributed by atoms with Crippen molar-refractivity contribution in [2.45, 2.75) is 32.2 Å². The Morgan fingerprint density at radius 3 is 2.74 bits per heavy atom. The number of hydrogen-bond acceptors (Lipinski definition) is 9. The minimum atomic E-state index is -0.462. The standard InChI is InChI=1S/C26H27N9O3/c1-2-17(32-24-22-23(29-14-28-22)30-15-31-24)25-33-19-11-6-10-18(27-13-7-12-20(36)34-38)21(19)26(37)35(25)16-8-4-3-5-9-16/h3-6,8-11,14-15,17,27,38H,2,7,12-13H2,1H3,(H,34,36)(H2,28,29,30,31,32). The van der Waals surface area contributed by atoms with E-state index >= 15 is 0 Å². The number of benzene rings is 2. The van der Waals surface area contributed by atoms with Crippen LogP contribution in [0.1, 0.15) is 38.1 Å². The molecule has 3 aromatic heterocycles. The first-order valence-electron chi connectivity index (χ1n) is 12.3. The Bertz CT molecular complexity index is 1630. The molecule has 0 bridgehead atoms. The lowest BCUT2D eigenvalue weighted by molar-refractivity contribution is -0.129. The molecule has 194 valence electrons. The number of H-pyrrole nitrogens is 1. The van der Waals surface area contributed by atoms with Crippen molar-refractivity contribution >= 4 is 39.5 Å². The predicted molar refractivity (Wildman–Crippen MR) is 143 cm³/mol. The number of para-hydroxylation sites is 1. The largest absolute Gasteiger partial charge is 0.384 e. The first-order chi connectivity index (χ1) is 18.6. The average molecular weight is 514 g/mol. The highest BCUT2D eigenvalue weighted by atomic mass is 16.5. The van der Waals surface area contributed by atoms with Crippen LogP contribution in [0.4, 0.5) is 11.5 Å². The van der Waals surface area contributed by atoms with Crippen molar-refractivity contribution in [3.05, 3.63) is 77.4 Å². The van der Waals surface area contributed by atoms with Crippen LogP contribution in [-0.4, -0.2) is 47.1 Å². The molecule has 1 amide bonds. The molecule has 5 N–H and O–H groups in total. The number of carbonyl (C=O) groups is 1. The van der Waals surface area contributed by atoms with Crippen molar-refractivity contribution in [2.24, 2.45) is 0 Å². The van der Waals surface area contributed by atoms with E-state index in [0.717, 1.165) is 0 Å². The van der Waals surface area contributed by atoms with Crippen molar-refractivity contribution in [1.82, 2.24) is 35.0 Å². The first-order valence-corrected chi connectivity index (χ1v) is 12.3. The maximum atomic E-state index is 14.1. The summed E-state index contributed by atoms with van der Waals surface area (Å²) in [5, 5.41) is 15.8. The number of imidazole rings is 1. The van der Waals surface area contributed by atoms with Gasteiger partial charge in [-0.25, -0.2) is 25.4 Å². The number of hydrogen-bond donors (Lipinski definition) is 5. The molecule has 2 aromatic carbocycles. The van der Waals surface area contributed by atoms with Crippen LogP contribution in [0, 0.1) is 0 Å². The highest BCUT2D eigenvalue weighted by Crippen LogP contribution is 2.27. The molecule has 0 radical (unpaired) electrons. The van der Waals surface area contributed by atoms with Crippen LogP contribution in [0.3, 0.4) is 0 Å². The van der Waals surface area contributed by atoms with Gasteiger partial charge in [0.25, 0.3) is 5.56 Å².